The van der Waals surface area contributed by atoms with Crippen molar-refractivity contribution in [2.75, 3.05) is 13.1 Å². The molecule has 4 heteroatoms. The summed E-state index contributed by atoms with van der Waals surface area (Å²) in [6, 6.07) is 15.8. The van der Waals surface area contributed by atoms with Crippen molar-refractivity contribution in [2.24, 2.45) is 5.92 Å². The Labute approximate surface area is 166 Å². The lowest BCUT2D eigenvalue weighted by Crippen LogP contribution is -3.12. The van der Waals surface area contributed by atoms with Gasteiger partial charge in [-0.05, 0) is 43.5 Å². The Bertz CT molecular complexity index is 1010. The van der Waals surface area contributed by atoms with Gasteiger partial charge in [-0.15, -0.1) is 0 Å². The molecule has 0 radical (unpaired) electrons. The summed E-state index contributed by atoms with van der Waals surface area (Å²) in [5, 5.41) is 0.718. The number of ether oxygens (including phenoxy) is 1. The highest BCUT2D eigenvalue weighted by Crippen LogP contribution is 2.20. The predicted molar refractivity (Wildman–Crippen MR) is 113 cm³/mol. The van der Waals surface area contributed by atoms with E-state index in [1.165, 1.54) is 17.7 Å². The SMILES string of the molecule is Cc1[nH]c2ccc(OCc3ccccc3)cc2c(=O)c1C[NH+]1CCC[C@H](C)C1. The number of hydrogen-bond acceptors (Lipinski definition) is 2. The number of nitrogens with one attached hydrogen (secondary N) is 2. The highest BCUT2D eigenvalue weighted by atomic mass is 16.5. The Hall–Kier alpha value is -2.59. The van der Waals surface area contributed by atoms with Gasteiger partial charge in [0.1, 0.15) is 18.9 Å². The van der Waals surface area contributed by atoms with Crippen molar-refractivity contribution in [1.29, 1.82) is 0 Å². The lowest BCUT2D eigenvalue weighted by atomic mass is 9.99. The first kappa shape index (κ1) is 18.8. The number of rotatable bonds is 5. The van der Waals surface area contributed by atoms with Crippen molar-refractivity contribution in [1.82, 2.24) is 4.98 Å². The highest BCUT2D eigenvalue weighted by molar-refractivity contribution is 5.81. The van der Waals surface area contributed by atoms with E-state index in [2.05, 4.69) is 11.9 Å². The molecule has 0 saturated carbocycles. The van der Waals surface area contributed by atoms with Gasteiger partial charge in [0.15, 0.2) is 5.43 Å². The zero-order valence-corrected chi connectivity index (χ0v) is 16.8. The van der Waals surface area contributed by atoms with Crippen molar-refractivity contribution in [3.05, 3.63) is 75.6 Å². The van der Waals surface area contributed by atoms with Crippen LogP contribution in [0.25, 0.3) is 10.9 Å². The predicted octanol–water partition coefficient (Wildman–Crippen LogP) is 3.23. The molecule has 2 heterocycles. The van der Waals surface area contributed by atoms with Crippen LogP contribution in [0.15, 0.2) is 53.3 Å². The number of fused-ring (bicyclic) bond motifs is 1. The van der Waals surface area contributed by atoms with Crippen molar-refractivity contribution in [3.8, 4) is 5.75 Å². The Balaban J connectivity index is 1.59. The number of aromatic amines is 1. The van der Waals surface area contributed by atoms with E-state index in [0.29, 0.717) is 6.61 Å². The van der Waals surface area contributed by atoms with Crippen molar-refractivity contribution in [3.63, 3.8) is 0 Å². The number of H-pyrrole nitrogens is 1. The second kappa shape index (κ2) is 8.19. The first-order valence-corrected chi connectivity index (χ1v) is 10.3. The van der Waals surface area contributed by atoms with Gasteiger partial charge >= 0.3 is 0 Å². The fourth-order valence-corrected chi connectivity index (χ4v) is 4.28. The normalized spacial score (nSPS) is 19.6. The number of aryl methyl sites for hydroxylation is 1. The Morgan fingerprint density at radius 1 is 1.18 bits per heavy atom. The van der Waals surface area contributed by atoms with Gasteiger partial charge in [0.05, 0.1) is 18.7 Å². The molecule has 28 heavy (non-hydrogen) atoms. The van der Waals surface area contributed by atoms with Crippen LogP contribution in [0.4, 0.5) is 0 Å². The quantitative estimate of drug-likeness (QED) is 0.717. The summed E-state index contributed by atoms with van der Waals surface area (Å²) in [6.07, 6.45) is 2.55. The van der Waals surface area contributed by atoms with E-state index in [9.17, 15) is 4.79 Å². The summed E-state index contributed by atoms with van der Waals surface area (Å²) < 4.78 is 5.93. The molecular weight excluding hydrogens is 348 g/mol. The Morgan fingerprint density at radius 3 is 2.79 bits per heavy atom. The van der Waals surface area contributed by atoms with Crippen LogP contribution in [0.3, 0.4) is 0 Å². The molecule has 4 rings (SSSR count). The Kier molecular flexibility index (Phi) is 5.49. The van der Waals surface area contributed by atoms with Crippen LogP contribution in [-0.4, -0.2) is 18.1 Å². The van der Waals surface area contributed by atoms with E-state index in [1.807, 2.05) is 55.5 Å². The standard InChI is InChI=1S/C24H28N2O2/c1-17-7-6-12-26(14-17)15-22-18(2)25-23-11-10-20(13-21(23)24(22)27)28-16-19-8-4-3-5-9-19/h3-5,8-11,13,17H,6-7,12,14-16H2,1-2H3,(H,25,27)/p+1/t17-/m0/s1. The van der Waals surface area contributed by atoms with Crippen LogP contribution in [0.1, 0.15) is 36.6 Å². The molecule has 1 unspecified atom stereocenters. The van der Waals surface area contributed by atoms with Crippen LogP contribution >= 0.6 is 0 Å². The topological polar surface area (TPSA) is 46.5 Å². The van der Waals surface area contributed by atoms with Gasteiger partial charge in [-0.25, -0.2) is 0 Å². The largest absolute Gasteiger partial charge is 0.489 e. The average molecular weight is 378 g/mol. The minimum atomic E-state index is 0.141. The lowest BCUT2D eigenvalue weighted by molar-refractivity contribution is -0.922. The van der Waals surface area contributed by atoms with Crippen LogP contribution in [0.2, 0.25) is 0 Å². The molecule has 146 valence electrons. The first-order chi connectivity index (χ1) is 13.6. The van der Waals surface area contributed by atoms with Crippen LogP contribution in [0, 0.1) is 12.8 Å². The molecule has 0 aliphatic carbocycles. The van der Waals surface area contributed by atoms with E-state index in [-0.39, 0.29) is 5.43 Å². The molecule has 0 amide bonds. The zero-order chi connectivity index (χ0) is 19.5. The maximum Gasteiger partial charge on any atom is 0.198 e. The average Bonchev–Trinajstić information content (AvgIpc) is 2.71. The van der Waals surface area contributed by atoms with Crippen molar-refractivity contribution in [2.45, 2.75) is 39.8 Å². The summed E-state index contributed by atoms with van der Waals surface area (Å²) in [6.45, 7) is 7.93. The number of aromatic nitrogens is 1. The molecule has 0 spiro atoms. The molecule has 0 bridgehead atoms. The van der Waals surface area contributed by atoms with E-state index in [4.69, 9.17) is 4.74 Å². The van der Waals surface area contributed by atoms with Gasteiger partial charge < -0.3 is 14.6 Å². The molecule has 4 nitrogen and oxygen atoms in total. The molecule has 1 saturated heterocycles. The van der Waals surface area contributed by atoms with Crippen LogP contribution < -0.4 is 15.1 Å². The highest BCUT2D eigenvalue weighted by Gasteiger charge is 2.22. The minimum absolute atomic E-state index is 0.141. The molecule has 1 aromatic heterocycles. The maximum absolute atomic E-state index is 13.2. The molecule has 1 aliphatic heterocycles. The third kappa shape index (κ3) is 4.12. The number of hydrogen-bond donors (Lipinski definition) is 2. The number of benzene rings is 2. The summed E-state index contributed by atoms with van der Waals surface area (Å²) >= 11 is 0. The fourth-order valence-electron chi connectivity index (χ4n) is 4.28. The maximum atomic E-state index is 13.2. The third-order valence-corrected chi connectivity index (χ3v) is 5.82. The van der Waals surface area contributed by atoms with Gasteiger partial charge in [-0.1, -0.05) is 37.3 Å². The second-order valence-electron chi connectivity index (χ2n) is 8.17. The van der Waals surface area contributed by atoms with Gasteiger partial charge in [-0.3, -0.25) is 4.79 Å². The summed E-state index contributed by atoms with van der Waals surface area (Å²) in [4.78, 5) is 18.2. The van der Waals surface area contributed by atoms with Gasteiger partial charge in [-0.2, -0.15) is 0 Å². The molecular formula is C24H29N2O2+. The number of piperidine rings is 1. The number of likely N-dealkylation sites (tertiary alicyclic amines) is 1. The second-order valence-corrected chi connectivity index (χ2v) is 8.17. The van der Waals surface area contributed by atoms with Crippen LogP contribution in [0.5, 0.6) is 5.75 Å². The monoisotopic (exact) mass is 377 g/mol. The molecule has 3 aromatic rings. The lowest BCUT2D eigenvalue weighted by Gasteiger charge is -2.28. The van der Waals surface area contributed by atoms with E-state index in [1.54, 1.807) is 0 Å². The van der Waals surface area contributed by atoms with E-state index in [0.717, 1.165) is 59.0 Å². The Morgan fingerprint density at radius 2 is 2.00 bits per heavy atom. The molecule has 1 fully saturated rings. The smallest absolute Gasteiger partial charge is 0.198 e. The zero-order valence-electron chi connectivity index (χ0n) is 16.8. The minimum Gasteiger partial charge on any atom is -0.489 e. The van der Waals surface area contributed by atoms with Gasteiger partial charge in [0.2, 0.25) is 0 Å². The van der Waals surface area contributed by atoms with Crippen LogP contribution in [-0.2, 0) is 13.2 Å². The number of quaternary nitrogens is 1. The number of pyridine rings is 1. The molecule has 2 atom stereocenters. The van der Waals surface area contributed by atoms with E-state index >= 15 is 0 Å². The molecule has 2 aromatic carbocycles. The molecule has 2 N–H and O–H groups in total. The summed E-state index contributed by atoms with van der Waals surface area (Å²) in [7, 11) is 0. The molecule has 1 aliphatic rings. The van der Waals surface area contributed by atoms with E-state index < -0.39 is 0 Å². The van der Waals surface area contributed by atoms with Crippen molar-refractivity contribution >= 4 is 10.9 Å². The fraction of sp³-hybridized carbons (Fsp3) is 0.375. The third-order valence-electron chi connectivity index (χ3n) is 5.82. The first-order valence-electron chi connectivity index (χ1n) is 10.3. The van der Waals surface area contributed by atoms with Crippen molar-refractivity contribution < 1.29 is 9.64 Å². The van der Waals surface area contributed by atoms with Gasteiger partial charge in [0, 0.05) is 22.5 Å². The summed E-state index contributed by atoms with van der Waals surface area (Å²) in [5.41, 5.74) is 4.03. The summed E-state index contributed by atoms with van der Waals surface area (Å²) in [5.74, 6) is 1.47. The van der Waals surface area contributed by atoms with Gasteiger partial charge in [0.25, 0.3) is 0 Å².